The minimum Gasteiger partial charge on any atom is -0.118 e. The zero-order chi connectivity index (χ0) is 13.7. The van der Waals surface area contributed by atoms with E-state index in [9.17, 15) is 0 Å². The summed E-state index contributed by atoms with van der Waals surface area (Å²) in [4.78, 5) is 0. The van der Waals surface area contributed by atoms with Crippen LogP contribution in [0.2, 0.25) is 0 Å². The molecule has 2 rings (SSSR count). The largest absolute Gasteiger partial charge is 0.118 e. The van der Waals surface area contributed by atoms with E-state index in [4.69, 9.17) is 11.6 Å². The van der Waals surface area contributed by atoms with E-state index in [-0.39, 0.29) is 5.38 Å². The van der Waals surface area contributed by atoms with E-state index in [0.29, 0.717) is 0 Å². The van der Waals surface area contributed by atoms with Gasteiger partial charge in [0.1, 0.15) is 0 Å². The van der Waals surface area contributed by atoms with Crippen LogP contribution in [-0.4, -0.2) is 0 Å². The quantitative estimate of drug-likeness (QED) is 0.621. The van der Waals surface area contributed by atoms with Gasteiger partial charge in [-0.05, 0) is 55.4 Å². The van der Waals surface area contributed by atoms with Crippen LogP contribution in [0.15, 0.2) is 48.5 Å². The number of aryl methyl sites for hydroxylation is 3. The Morgan fingerprint density at radius 1 is 0.947 bits per heavy atom. The molecule has 1 heteroatoms. The standard InChI is InChI=1S/C18H21Cl/c1-14-11-12-16(13-15(14)2)7-6-10-18(19)17-8-4-3-5-9-17/h3-5,8-9,11-13,18H,6-7,10H2,1-2H3. The lowest BCUT2D eigenvalue weighted by Gasteiger charge is -2.10. The second kappa shape index (κ2) is 6.77. The minimum absolute atomic E-state index is 0.132. The van der Waals surface area contributed by atoms with Crippen molar-refractivity contribution in [3.63, 3.8) is 0 Å². The molecule has 1 atom stereocenters. The Kier molecular flexibility index (Phi) is 5.04. The molecule has 0 aliphatic carbocycles. The highest BCUT2D eigenvalue weighted by Crippen LogP contribution is 2.26. The second-order valence-corrected chi connectivity index (χ2v) is 5.72. The van der Waals surface area contributed by atoms with Crippen LogP contribution >= 0.6 is 11.6 Å². The van der Waals surface area contributed by atoms with Crippen LogP contribution in [0.5, 0.6) is 0 Å². The highest BCUT2D eigenvalue weighted by molar-refractivity contribution is 6.20. The Morgan fingerprint density at radius 2 is 1.68 bits per heavy atom. The predicted octanol–water partition coefficient (Wildman–Crippen LogP) is 5.61. The van der Waals surface area contributed by atoms with Crippen molar-refractivity contribution in [2.45, 2.75) is 38.5 Å². The average Bonchev–Trinajstić information content (AvgIpc) is 2.43. The smallest absolute Gasteiger partial charge is 0.0585 e. The molecule has 0 spiro atoms. The first-order valence-electron chi connectivity index (χ1n) is 6.92. The summed E-state index contributed by atoms with van der Waals surface area (Å²) in [6, 6.07) is 17.1. The van der Waals surface area contributed by atoms with Crippen molar-refractivity contribution in [1.29, 1.82) is 0 Å². The maximum atomic E-state index is 6.43. The molecule has 0 N–H and O–H groups in total. The lowest BCUT2D eigenvalue weighted by molar-refractivity contribution is 0.716. The van der Waals surface area contributed by atoms with Gasteiger partial charge in [-0.15, -0.1) is 11.6 Å². The molecular weight excluding hydrogens is 252 g/mol. The van der Waals surface area contributed by atoms with Gasteiger partial charge in [-0.2, -0.15) is 0 Å². The summed E-state index contributed by atoms with van der Waals surface area (Å²) >= 11 is 6.43. The van der Waals surface area contributed by atoms with Crippen molar-refractivity contribution >= 4 is 11.6 Å². The molecular formula is C18H21Cl. The molecule has 0 aromatic heterocycles. The van der Waals surface area contributed by atoms with E-state index in [0.717, 1.165) is 19.3 Å². The molecule has 0 saturated heterocycles. The van der Waals surface area contributed by atoms with Crippen LogP contribution in [0.3, 0.4) is 0 Å². The summed E-state index contributed by atoms with van der Waals surface area (Å²) < 4.78 is 0. The monoisotopic (exact) mass is 272 g/mol. The maximum absolute atomic E-state index is 6.43. The van der Waals surface area contributed by atoms with Gasteiger partial charge in [0.05, 0.1) is 5.38 Å². The van der Waals surface area contributed by atoms with Crippen LogP contribution in [0.4, 0.5) is 0 Å². The number of benzene rings is 2. The lowest BCUT2D eigenvalue weighted by Crippen LogP contribution is -1.93. The maximum Gasteiger partial charge on any atom is 0.0585 e. The molecule has 0 heterocycles. The van der Waals surface area contributed by atoms with Crippen LogP contribution in [0, 0.1) is 13.8 Å². The Bertz CT molecular complexity index is 516. The van der Waals surface area contributed by atoms with Crippen molar-refractivity contribution < 1.29 is 0 Å². The molecule has 100 valence electrons. The number of alkyl halides is 1. The number of hydrogen-bond donors (Lipinski definition) is 0. The Labute approximate surface area is 121 Å². The van der Waals surface area contributed by atoms with E-state index >= 15 is 0 Å². The van der Waals surface area contributed by atoms with Crippen molar-refractivity contribution in [2.75, 3.05) is 0 Å². The summed E-state index contributed by atoms with van der Waals surface area (Å²) in [6.45, 7) is 4.33. The Hall–Kier alpha value is -1.27. The summed E-state index contributed by atoms with van der Waals surface area (Å²) in [5.41, 5.74) is 5.38. The third kappa shape index (κ3) is 4.11. The Morgan fingerprint density at radius 3 is 2.37 bits per heavy atom. The predicted molar refractivity (Wildman–Crippen MR) is 83.9 cm³/mol. The van der Waals surface area contributed by atoms with Gasteiger partial charge in [0.25, 0.3) is 0 Å². The van der Waals surface area contributed by atoms with Gasteiger partial charge in [-0.1, -0.05) is 48.5 Å². The van der Waals surface area contributed by atoms with Gasteiger partial charge >= 0.3 is 0 Å². The van der Waals surface area contributed by atoms with Crippen molar-refractivity contribution in [3.05, 3.63) is 70.8 Å². The van der Waals surface area contributed by atoms with Gasteiger partial charge < -0.3 is 0 Å². The Balaban J connectivity index is 1.85. The highest BCUT2D eigenvalue weighted by atomic mass is 35.5. The van der Waals surface area contributed by atoms with E-state index < -0.39 is 0 Å². The topological polar surface area (TPSA) is 0 Å². The molecule has 0 nitrogen and oxygen atoms in total. The van der Waals surface area contributed by atoms with Crippen LogP contribution in [-0.2, 0) is 6.42 Å². The minimum atomic E-state index is 0.132. The number of rotatable bonds is 5. The normalized spacial score (nSPS) is 12.4. The van der Waals surface area contributed by atoms with Gasteiger partial charge in [-0.25, -0.2) is 0 Å². The summed E-state index contributed by atoms with van der Waals surface area (Å²) in [5.74, 6) is 0. The molecule has 0 bridgehead atoms. The second-order valence-electron chi connectivity index (χ2n) is 5.19. The number of halogens is 1. The molecule has 0 radical (unpaired) electrons. The van der Waals surface area contributed by atoms with Crippen LogP contribution in [0.1, 0.15) is 40.5 Å². The molecule has 0 aliphatic heterocycles. The SMILES string of the molecule is Cc1ccc(CCCC(Cl)c2ccccc2)cc1C. The summed E-state index contributed by atoms with van der Waals surface area (Å²) in [5, 5.41) is 0.132. The fraction of sp³-hybridized carbons (Fsp3) is 0.333. The average molecular weight is 273 g/mol. The first kappa shape index (κ1) is 14.1. The zero-order valence-corrected chi connectivity index (χ0v) is 12.5. The van der Waals surface area contributed by atoms with Gasteiger partial charge in [0, 0.05) is 0 Å². The first-order chi connectivity index (χ1) is 9.16. The fourth-order valence-corrected chi connectivity index (χ4v) is 2.57. The van der Waals surface area contributed by atoms with Crippen LogP contribution < -0.4 is 0 Å². The molecule has 0 fully saturated rings. The van der Waals surface area contributed by atoms with E-state index in [1.54, 1.807) is 0 Å². The van der Waals surface area contributed by atoms with Crippen molar-refractivity contribution in [3.8, 4) is 0 Å². The van der Waals surface area contributed by atoms with Gasteiger partial charge in [0.2, 0.25) is 0 Å². The molecule has 0 saturated carbocycles. The van der Waals surface area contributed by atoms with E-state index in [1.807, 2.05) is 18.2 Å². The molecule has 2 aromatic rings. The molecule has 1 unspecified atom stereocenters. The molecule has 0 amide bonds. The van der Waals surface area contributed by atoms with Crippen molar-refractivity contribution in [2.24, 2.45) is 0 Å². The summed E-state index contributed by atoms with van der Waals surface area (Å²) in [6.07, 6.45) is 3.27. The third-order valence-corrected chi connectivity index (χ3v) is 4.13. The van der Waals surface area contributed by atoms with E-state index in [1.165, 1.54) is 22.3 Å². The van der Waals surface area contributed by atoms with Gasteiger partial charge in [-0.3, -0.25) is 0 Å². The number of hydrogen-bond acceptors (Lipinski definition) is 0. The van der Waals surface area contributed by atoms with Crippen molar-refractivity contribution in [1.82, 2.24) is 0 Å². The van der Waals surface area contributed by atoms with Gasteiger partial charge in [0.15, 0.2) is 0 Å². The zero-order valence-electron chi connectivity index (χ0n) is 11.7. The molecule has 19 heavy (non-hydrogen) atoms. The lowest BCUT2D eigenvalue weighted by atomic mass is 10.0. The summed E-state index contributed by atoms with van der Waals surface area (Å²) in [7, 11) is 0. The molecule has 0 aliphatic rings. The first-order valence-corrected chi connectivity index (χ1v) is 7.35. The van der Waals surface area contributed by atoms with E-state index in [2.05, 4.69) is 44.2 Å². The van der Waals surface area contributed by atoms with Crippen LogP contribution in [0.25, 0.3) is 0 Å². The fourth-order valence-electron chi connectivity index (χ4n) is 2.27. The third-order valence-electron chi connectivity index (χ3n) is 3.66. The highest BCUT2D eigenvalue weighted by Gasteiger charge is 2.07. The molecule has 2 aromatic carbocycles.